The fraction of sp³-hybridized carbons (Fsp3) is 0.632. The van der Waals surface area contributed by atoms with Crippen molar-refractivity contribution in [2.75, 3.05) is 39.6 Å². The van der Waals surface area contributed by atoms with Gasteiger partial charge in [0.25, 0.3) is 0 Å². The molecule has 0 radical (unpaired) electrons. The lowest BCUT2D eigenvalue weighted by atomic mass is 10.1. The Balaban J connectivity index is 1.87. The summed E-state index contributed by atoms with van der Waals surface area (Å²) in [7, 11) is -1.44. The van der Waals surface area contributed by atoms with Crippen LogP contribution in [0.2, 0.25) is 0 Å². The molecule has 0 spiro atoms. The summed E-state index contributed by atoms with van der Waals surface area (Å²) in [4.78, 5) is 7.09. The second-order valence-corrected chi connectivity index (χ2v) is 9.17. The lowest BCUT2D eigenvalue weighted by Gasteiger charge is -2.38. The smallest absolute Gasteiger partial charge is 0.191 e. The minimum Gasteiger partial charge on any atom is -0.379 e. The molecule has 2 unspecified atom stereocenters. The van der Waals surface area contributed by atoms with E-state index in [-0.39, 0.29) is 0 Å². The van der Waals surface area contributed by atoms with Gasteiger partial charge in [0.05, 0.1) is 18.1 Å². The Bertz CT molecular complexity index is 764. The number of aliphatic imine (C=N–C) groups is 1. The minimum absolute atomic E-state index is 0.374. The van der Waals surface area contributed by atoms with Crippen molar-refractivity contribution in [2.45, 2.75) is 44.3 Å². The van der Waals surface area contributed by atoms with Crippen molar-refractivity contribution in [3.05, 3.63) is 29.3 Å². The van der Waals surface area contributed by atoms with E-state index in [1.54, 1.807) is 13.1 Å². The van der Waals surface area contributed by atoms with Gasteiger partial charge in [-0.15, -0.1) is 0 Å². The summed E-state index contributed by atoms with van der Waals surface area (Å²) < 4.78 is 28.9. The van der Waals surface area contributed by atoms with Gasteiger partial charge < -0.3 is 15.4 Å². The molecule has 1 aromatic rings. The van der Waals surface area contributed by atoms with E-state index in [4.69, 9.17) is 4.74 Å². The number of aryl methyl sites for hydroxylation is 1. The van der Waals surface area contributed by atoms with E-state index >= 15 is 0 Å². The minimum atomic E-state index is -3.19. The Morgan fingerprint density at radius 2 is 2.15 bits per heavy atom. The third-order valence-corrected chi connectivity index (χ3v) is 6.13. The van der Waals surface area contributed by atoms with Crippen molar-refractivity contribution in [3.63, 3.8) is 0 Å². The molecule has 0 aromatic heterocycles. The van der Waals surface area contributed by atoms with Crippen molar-refractivity contribution in [1.29, 1.82) is 0 Å². The maximum absolute atomic E-state index is 11.7. The normalized spacial score (nSPS) is 20.3. The molecule has 0 amide bonds. The van der Waals surface area contributed by atoms with Crippen LogP contribution in [0.5, 0.6) is 0 Å². The predicted octanol–water partition coefficient (Wildman–Crippen LogP) is 1.17. The molecule has 1 aromatic carbocycles. The molecule has 0 bridgehead atoms. The van der Waals surface area contributed by atoms with Crippen LogP contribution in [0.25, 0.3) is 0 Å². The van der Waals surface area contributed by atoms with Crippen LogP contribution >= 0.6 is 0 Å². The van der Waals surface area contributed by atoms with Gasteiger partial charge in [0.2, 0.25) is 0 Å². The Labute approximate surface area is 163 Å². The Hall–Kier alpha value is -1.64. The van der Waals surface area contributed by atoms with Gasteiger partial charge in [0, 0.05) is 45.0 Å². The van der Waals surface area contributed by atoms with Crippen LogP contribution in [0, 0.1) is 6.92 Å². The highest BCUT2D eigenvalue weighted by molar-refractivity contribution is 7.90. The van der Waals surface area contributed by atoms with Gasteiger partial charge in [-0.25, -0.2) is 8.42 Å². The van der Waals surface area contributed by atoms with Crippen molar-refractivity contribution in [1.82, 2.24) is 15.5 Å². The maximum atomic E-state index is 11.7. The molecule has 0 aliphatic carbocycles. The zero-order valence-corrected chi connectivity index (χ0v) is 17.8. The van der Waals surface area contributed by atoms with Gasteiger partial charge in [-0.05, 0) is 38.0 Å². The molecule has 1 aliphatic heterocycles. The summed E-state index contributed by atoms with van der Waals surface area (Å²) in [5.74, 6) is 0.729. The van der Waals surface area contributed by atoms with Gasteiger partial charge in [0.1, 0.15) is 0 Å². The molecule has 152 valence electrons. The monoisotopic (exact) mass is 396 g/mol. The first kappa shape index (κ1) is 21.7. The quantitative estimate of drug-likeness (QED) is 0.555. The number of benzene rings is 1. The summed E-state index contributed by atoms with van der Waals surface area (Å²) in [6.45, 7) is 10.1. The molecule has 2 atom stereocenters. The summed E-state index contributed by atoms with van der Waals surface area (Å²) >= 11 is 0. The number of nitrogens with zero attached hydrogens (tertiary/aromatic N) is 2. The second-order valence-electron chi connectivity index (χ2n) is 7.19. The maximum Gasteiger partial charge on any atom is 0.191 e. The highest BCUT2D eigenvalue weighted by Gasteiger charge is 2.23. The van der Waals surface area contributed by atoms with Crippen molar-refractivity contribution in [2.24, 2.45) is 4.99 Å². The first-order valence-corrected chi connectivity index (χ1v) is 11.2. The molecule has 1 saturated heterocycles. The van der Waals surface area contributed by atoms with Gasteiger partial charge in [-0.2, -0.15) is 0 Å². The number of hydrogen-bond acceptors (Lipinski definition) is 5. The number of hydrogen-bond donors (Lipinski definition) is 2. The average molecular weight is 397 g/mol. The van der Waals surface area contributed by atoms with Crippen molar-refractivity contribution < 1.29 is 13.2 Å². The first-order chi connectivity index (χ1) is 12.7. The van der Waals surface area contributed by atoms with Gasteiger partial charge in [0.15, 0.2) is 15.8 Å². The largest absolute Gasteiger partial charge is 0.379 e. The molecule has 0 saturated carbocycles. The number of rotatable bonds is 6. The highest BCUT2D eigenvalue weighted by Crippen LogP contribution is 2.16. The Kier molecular flexibility index (Phi) is 7.64. The third-order valence-electron chi connectivity index (χ3n) is 4.87. The van der Waals surface area contributed by atoms with E-state index in [0.29, 0.717) is 23.5 Å². The third kappa shape index (κ3) is 6.19. The molecule has 27 heavy (non-hydrogen) atoms. The fourth-order valence-electron chi connectivity index (χ4n) is 3.40. The number of nitrogens with one attached hydrogen (secondary N) is 2. The van der Waals surface area contributed by atoms with Crippen LogP contribution in [-0.2, 0) is 21.1 Å². The molecular weight excluding hydrogens is 364 g/mol. The van der Waals surface area contributed by atoms with Crippen LogP contribution in [0.15, 0.2) is 28.1 Å². The van der Waals surface area contributed by atoms with E-state index < -0.39 is 9.84 Å². The Morgan fingerprint density at radius 3 is 2.74 bits per heavy atom. The topological polar surface area (TPSA) is 83.0 Å². The Morgan fingerprint density at radius 1 is 1.41 bits per heavy atom. The summed E-state index contributed by atoms with van der Waals surface area (Å²) in [5.41, 5.74) is 1.77. The highest BCUT2D eigenvalue weighted by atomic mass is 32.2. The molecule has 2 N–H and O–H groups in total. The molecule has 8 heteroatoms. The predicted molar refractivity (Wildman–Crippen MR) is 109 cm³/mol. The second kappa shape index (κ2) is 9.52. The van der Waals surface area contributed by atoms with Gasteiger partial charge in [-0.3, -0.25) is 9.89 Å². The lowest BCUT2D eigenvalue weighted by Crippen LogP contribution is -2.52. The van der Waals surface area contributed by atoms with Crippen LogP contribution in [-0.4, -0.2) is 71.0 Å². The van der Waals surface area contributed by atoms with Crippen LogP contribution in [0.4, 0.5) is 0 Å². The fourth-order valence-corrected chi connectivity index (χ4v) is 4.36. The van der Waals surface area contributed by atoms with Gasteiger partial charge >= 0.3 is 0 Å². The molecule has 1 aliphatic rings. The zero-order chi connectivity index (χ0) is 20.0. The van der Waals surface area contributed by atoms with E-state index in [9.17, 15) is 8.42 Å². The number of morpholine rings is 1. The standard InChI is InChI=1S/C19H32N4O3S/c1-14-10-17(6-7-18(14)27(5,24)25)12-22-19(20-4)21-11-15(2)23-8-9-26-13-16(23)3/h6-7,10,15-16H,8-9,11-13H2,1-5H3,(H2,20,21,22). The van der Waals surface area contributed by atoms with Crippen molar-refractivity contribution in [3.8, 4) is 0 Å². The summed E-state index contributed by atoms with van der Waals surface area (Å²) in [6.07, 6.45) is 1.23. The lowest BCUT2D eigenvalue weighted by molar-refractivity contribution is -0.0174. The number of ether oxygens (including phenoxy) is 1. The molecule has 1 heterocycles. The average Bonchev–Trinajstić information content (AvgIpc) is 2.61. The molecule has 1 fully saturated rings. The SMILES string of the molecule is CN=C(NCc1ccc(S(C)(=O)=O)c(C)c1)NCC(C)N1CCOCC1C. The van der Waals surface area contributed by atoms with Crippen molar-refractivity contribution >= 4 is 15.8 Å². The van der Waals surface area contributed by atoms with Crippen LogP contribution < -0.4 is 10.6 Å². The summed E-state index contributed by atoms with van der Waals surface area (Å²) in [5, 5.41) is 6.65. The van der Waals surface area contributed by atoms with E-state index in [1.807, 2.05) is 19.1 Å². The van der Waals surface area contributed by atoms with Crippen LogP contribution in [0.1, 0.15) is 25.0 Å². The molecular formula is C19H32N4O3S. The van der Waals surface area contributed by atoms with Gasteiger partial charge in [-0.1, -0.05) is 12.1 Å². The van der Waals surface area contributed by atoms with E-state index in [1.165, 1.54) is 6.26 Å². The zero-order valence-electron chi connectivity index (χ0n) is 16.9. The van der Waals surface area contributed by atoms with E-state index in [2.05, 4.69) is 34.4 Å². The molecule has 7 nitrogen and oxygen atoms in total. The first-order valence-electron chi connectivity index (χ1n) is 9.30. The number of guanidine groups is 1. The molecule has 2 rings (SSSR count). The summed E-state index contributed by atoms with van der Waals surface area (Å²) in [6, 6.07) is 6.19. The number of sulfone groups is 1. The van der Waals surface area contributed by atoms with E-state index in [0.717, 1.165) is 43.4 Å². The van der Waals surface area contributed by atoms with Crippen LogP contribution in [0.3, 0.4) is 0 Å².